The first kappa shape index (κ1) is 12.3. The van der Waals surface area contributed by atoms with Crippen molar-refractivity contribution in [2.75, 3.05) is 7.11 Å². The normalized spacial score (nSPS) is 11.2. The van der Waals surface area contributed by atoms with Crippen molar-refractivity contribution in [3.8, 4) is 0 Å². The molecule has 0 aliphatic heterocycles. The third-order valence-electron chi connectivity index (χ3n) is 2.20. The first-order valence-electron chi connectivity index (χ1n) is 4.91. The van der Waals surface area contributed by atoms with Gasteiger partial charge >= 0.3 is 5.97 Å². The first-order valence-corrected chi connectivity index (χ1v) is 6.39. The van der Waals surface area contributed by atoms with Crippen LogP contribution in [-0.2, 0) is 14.6 Å². The van der Waals surface area contributed by atoms with Crippen molar-refractivity contribution in [3.05, 3.63) is 42.2 Å². The van der Waals surface area contributed by atoms with Crippen molar-refractivity contribution in [3.63, 3.8) is 0 Å². The van der Waals surface area contributed by atoms with Crippen LogP contribution in [0.1, 0.15) is 10.6 Å². The van der Waals surface area contributed by atoms with E-state index >= 15 is 0 Å². The van der Waals surface area contributed by atoms with Gasteiger partial charge in [0.2, 0.25) is 20.6 Å². The zero-order valence-electron chi connectivity index (χ0n) is 9.36. The minimum absolute atomic E-state index is 0.0784. The molecule has 0 radical (unpaired) electrons. The molecule has 1 heterocycles. The van der Waals surface area contributed by atoms with Gasteiger partial charge in [0.25, 0.3) is 0 Å². The summed E-state index contributed by atoms with van der Waals surface area (Å²) in [5, 5.41) is 3.04. The maximum Gasteiger partial charge on any atom is 0.376 e. The lowest BCUT2D eigenvalue weighted by atomic mass is 10.4. The minimum Gasteiger partial charge on any atom is -0.463 e. The summed E-state index contributed by atoms with van der Waals surface area (Å²) in [6.07, 6.45) is 0. The van der Waals surface area contributed by atoms with Crippen LogP contribution >= 0.6 is 0 Å². The Bertz CT molecular complexity index is 660. The van der Waals surface area contributed by atoms with Crippen LogP contribution in [-0.4, -0.2) is 26.7 Å². The molecule has 0 N–H and O–H groups in total. The summed E-state index contributed by atoms with van der Waals surface area (Å²) in [6, 6.07) is 8.78. The van der Waals surface area contributed by atoms with Crippen molar-refractivity contribution in [1.29, 1.82) is 0 Å². The predicted octanol–water partition coefficient (Wildman–Crippen LogP) is 1.29. The SMILES string of the molecule is COC(=O)c1cc(S(=O)(=O)c2ccccc2)no1. The van der Waals surface area contributed by atoms with E-state index in [0.717, 1.165) is 13.2 Å². The summed E-state index contributed by atoms with van der Waals surface area (Å²) in [5.74, 6) is -1.04. The lowest BCUT2D eigenvalue weighted by molar-refractivity contribution is 0.0554. The van der Waals surface area contributed by atoms with E-state index < -0.39 is 15.8 Å². The van der Waals surface area contributed by atoms with Gasteiger partial charge in [0.1, 0.15) is 0 Å². The van der Waals surface area contributed by atoms with Gasteiger partial charge in [-0.15, -0.1) is 0 Å². The number of methoxy groups -OCH3 is 1. The van der Waals surface area contributed by atoms with Crippen LogP contribution in [0.15, 0.2) is 50.8 Å². The van der Waals surface area contributed by atoms with E-state index in [1.807, 2.05) is 0 Å². The Labute approximate surface area is 103 Å². The summed E-state index contributed by atoms with van der Waals surface area (Å²) in [7, 11) is -2.61. The molecule has 0 spiro atoms. The third-order valence-corrected chi connectivity index (χ3v) is 3.84. The number of carbonyl (C=O) groups excluding carboxylic acids is 1. The Morgan fingerprint density at radius 1 is 1.28 bits per heavy atom. The minimum atomic E-state index is -3.77. The molecule has 1 aromatic heterocycles. The van der Waals surface area contributed by atoms with Crippen LogP contribution in [0.4, 0.5) is 0 Å². The highest BCUT2D eigenvalue weighted by Gasteiger charge is 2.24. The van der Waals surface area contributed by atoms with Crippen LogP contribution in [0.25, 0.3) is 0 Å². The molecule has 2 aromatic rings. The van der Waals surface area contributed by atoms with Gasteiger partial charge in [-0.25, -0.2) is 13.2 Å². The number of esters is 1. The predicted molar refractivity (Wildman–Crippen MR) is 59.7 cm³/mol. The third kappa shape index (κ3) is 2.12. The van der Waals surface area contributed by atoms with E-state index in [9.17, 15) is 13.2 Å². The topological polar surface area (TPSA) is 86.5 Å². The maximum atomic E-state index is 12.1. The summed E-state index contributed by atoms with van der Waals surface area (Å²) < 4.78 is 33.2. The van der Waals surface area contributed by atoms with Gasteiger partial charge < -0.3 is 9.26 Å². The summed E-state index contributed by atoms with van der Waals surface area (Å²) in [6.45, 7) is 0. The molecule has 7 heteroatoms. The number of rotatable bonds is 3. The molecule has 18 heavy (non-hydrogen) atoms. The van der Waals surface area contributed by atoms with E-state index in [4.69, 9.17) is 0 Å². The zero-order valence-corrected chi connectivity index (χ0v) is 10.2. The molecular formula is C11H9NO5S. The number of hydrogen-bond acceptors (Lipinski definition) is 6. The smallest absolute Gasteiger partial charge is 0.376 e. The van der Waals surface area contributed by atoms with Crippen LogP contribution < -0.4 is 0 Å². The van der Waals surface area contributed by atoms with Crippen LogP contribution in [0.2, 0.25) is 0 Å². The van der Waals surface area contributed by atoms with Gasteiger partial charge in [0.15, 0.2) is 0 Å². The molecule has 0 aliphatic rings. The van der Waals surface area contributed by atoms with Crippen molar-refractivity contribution < 1.29 is 22.5 Å². The fourth-order valence-electron chi connectivity index (χ4n) is 1.30. The van der Waals surface area contributed by atoms with E-state index in [0.29, 0.717) is 0 Å². The highest BCUT2D eigenvalue weighted by atomic mass is 32.2. The molecular weight excluding hydrogens is 258 g/mol. The van der Waals surface area contributed by atoms with Crippen molar-refractivity contribution >= 4 is 15.8 Å². The second-order valence-corrected chi connectivity index (χ2v) is 5.23. The quantitative estimate of drug-likeness (QED) is 0.779. The number of benzene rings is 1. The van der Waals surface area contributed by atoms with Gasteiger partial charge in [-0.3, -0.25) is 0 Å². The molecule has 0 amide bonds. The molecule has 0 atom stereocenters. The Kier molecular flexibility index (Phi) is 3.15. The van der Waals surface area contributed by atoms with Crippen LogP contribution in [0.3, 0.4) is 0 Å². The fraction of sp³-hybridized carbons (Fsp3) is 0.0909. The Morgan fingerprint density at radius 2 is 1.94 bits per heavy atom. The standard InChI is InChI=1S/C11H9NO5S/c1-16-11(13)9-7-10(12-17-9)18(14,15)8-5-3-2-4-6-8/h2-7H,1H3. The van der Waals surface area contributed by atoms with E-state index in [-0.39, 0.29) is 15.7 Å². The average Bonchev–Trinajstić information content (AvgIpc) is 2.89. The first-order chi connectivity index (χ1) is 8.55. The molecule has 0 aliphatic carbocycles. The summed E-state index contributed by atoms with van der Waals surface area (Å²) >= 11 is 0. The molecule has 0 bridgehead atoms. The van der Waals surface area contributed by atoms with Crippen LogP contribution in [0, 0.1) is 0 Å². The van der Waals surface area contributed by atoms with Gasteiger partial charge in [-0.2, -0.15) is 0 Å². The van der Waals surface area contributed by atoms with Gasteiger partial charge in [0.05, 0.1) is 12.0 Å². The van der Waals surface area contributed by atoms with Crippen LogP contribution in [0.5, 0.6) is 0 Å². The Morgan fingerprint density at radius 3 is 2.56 bits per heavy atom. The lowest BCUT2D eigenvalue weighted by Crippen LogP contribution is -2.02. The van der Waals surface area contributed by atoms with E-state index in [1.54, 1.807) is 18.2 Å². The second-order valence-electron chi connectivity index (χ2n) is 3.34. The van der Waals surface area contributed by atoms with Gasteiger partial charge in [-0.1, -0.05) is 23.4 Å². The average molecular weight is 267 g/mol. The molecule has 6 nitrogen and oxygen atoms in total. The number of carbonyl (C=O) groups is 1. The Hall–Kier alpha value is -2.15. The number of aromatic nitrogens is 1. The summed E-state index contributed by atoms with van der Waals surface area (Å²) in [5.41, 5.74) is 0. The number of nitrogens with zero attached hydrogens (tertiary/aromatic N) is 1. The molecule has 0 saturated heterocycles. The van der Waals surface area contributed by atoms with E-state index in [2.05, 4.69) is 14.4 Å². The summed E-state index contributed by atoms with van der Waals surface area (Å²) in [4.78, 5) is 11.2. The molecule has 2 rings (SSSR count). The largest absolute Gasteiger partial charge is 0.463 e. The molecule has 0 saturated carbocycles. The number of sulfone groups is 1. The lowest BCUT2D eigenvalue weighted by Gasteiger charge is -1.98. The highest BCUT2D eigenvalue weighted by molar-refractivity contribution is 7.91. The Balaban J connectivity index is 2.43. The maximum absolute atomic E-state index is 12.1. The highest BCUT2D eigenvalue weighted by Crippen LogP contribution is 2.20. The number of hydrogen-bond donors (Lipinski definition) is 0. The molecule has 0 unspecified atom stereocenters. The molecule has 1 aromatic carbocycles. The van der Waals surface area contributed by atoms with Gasteiger partial charge in [0, 0.05) is 6.07 Å². The van der Waals surface area contributed by atoms with Gasteiger partial charge in [-0.05, 0) is 12.1 Å². The van der Waals surface area contributed by atoms with Crippen molar-refractivity contribution in [1.82, 2.24) is 5.16 Å². The fourth-order valence-corrected chi connectivity index (χ4v) is 2.46. The molecule has 0 fully saturated rings. The zero-order chi connectivity index (χ0) is 13.2. The van der Waals surface area contributed by atoms with E-state index in [1.165, 1.54) is 12.1 Å². The monoisotopic (exact) mass is 267 g/mol. The second kappa shape index (κ2) is 4.61. The number of ether oxygens (including phenoxy) is 1. The van der Waals surface area contributed by atoms with Crippen molar-refractivity contribution in [2.45, 2.75) is 9.92 Å². The van der Waals surface area contributed by atoms with Crippen molar-refractivity contribution in [2.24, 2.45) is 0 Å². The molecule has 94 valence electrons.